The Labute approximate surface area is 156 Å². The van der Waals surface area contributed by atoms with Crippen LogP contribution in [-0.2, 0) is 25.7 Å². The molecule has 4 heterocycles. The van der Waals surface area contributed by atoms with Crippen LogP contribution in [0.1, 0.15) is 12.6 Å². The van der Waals surface area contributed by atoms with Crippen LogP contribution in [0.5, 0.6) is 0 Å². The minimum Gasteiger partial charge on any atom is -0.364 e. The molecular weight excluding hydrogens is 352 g/mol. The molecule has 9 heteroatoms. The molecule has 9 nitrogen and oxygen atoms in total. The largest absolute Gasteiger partial charge is 0.364 e. The Morgan fingerprint density at radius 1 is 1.48 bits per heavy atom. The number of aromatic nitrogens is 1. The minimum atomic E-state index is -0.743. The first kappa shape index (κ1) is 17.7. The third-order valence-electron chi connectivity index (χ3n) is 5.49. The quantitative estimate of drug-likeness (QED) is 0.677. The van der Waals surface area contributed by atoms with E-state index in [0.717, 1.165) is 0 Å². The van der Waals surface area contributed by atoms with E-state index in [1.807, 2.05) is 12.2 Å². The highest BCUT2D eigenvalue weighted by atomic mass is 16.5. The van der Waals surface area contributed by atoms with Crippen LogP contribution in [0.2, 0.25) is 0 Å². The number of nitrogens with zero attached hydrogens (tertiary/aromatic N) is 3. The summed E-state index contributed by atoms with van der Waals surface area (Å²) in [6.07, 6.45) is 4.87. The van der Waals surface area contributed by atoms with Gasteiger partial charge in [-0.1, -0.05) is 17.3 Å². The second-order valence-corrected chi connectivity index (χ2v) is 7.33. The van der Waals surface area contributed by atoms with Crippen molar-refractivity contribution in [2.45, 2.75) is 25.2 Å². The molecule has 0 radical (unpaired) electrons. The third kappa shape index (κ3) is 2.91. The van der Waals surface area contributed by atoms with Crippen molar-refractivity contribution in [1.82, 2.24) is 20.3 Å². The molecule has 27 heavy (non-hydrogen) atoms. The van der Waals surface area contributed by atoms with Gasteiger partial charge >= 0.3 is 0 Å². The Kier molecular flexibility index (Phi) is 4.26. The van der Waals surface area contributed by atoms with Gasteiger partial charge < -0.3 is 24.4 Å². The molecule has 2 saturated heterocycles. The average Bonchev–Trinajstić information content (AvgIpc) is 3.37. The molecule has 1 aromatic heterocycles. The van der Waals surface area contributed by atoms with Crippen LogP contribution in [0, 0.1) is 11.8 Å². The molecular formula is C18H22N4O5. The zero-order valence-electron chi connectivity index (χ0n) is 15.3. The molecule has 4 rings (SSSR count). The van der Waals surface area contributed by atoms with E-state index in [2.05, 4.69) is 10.5 Å². The van der Waals surface area contributed by atoms with Crippen LogP contribution in [0.15, 0.2) is 29.0 Å². The van der Waals surface area contributed by atoms with Crippen molar-refractivity contribution in [3.8, 4) is 0 Å². The summed E-state index contributed by atoms with van der Waals surface area (Å²) in [6, 6.07) is 1.70. The smallest absolute Gasteiger partial charge is 0.230 e. The van der Waals surface area contributed by atoms with Gasteiger partial charge in [0.25, 0.3) is 0 Å². The van der Waals surface area contributed by atoms with Gasteiger partial charge in [-0.3, -0.25) is 14.4 Å². The summed E-state index contributed by atoms with van der Waals surface area (Å²) in [7, 11) is 1.69. The van der Waals surface area contributed by atoms with Crippen molar-refractivity contribution in [2.75, 3.05) is 26.7 Å². The van der Waals surface area contributed by atoms with Gasteiger partial charge in [0.1, 0.15) is 17.6 Å². The Morgan fingerprint density at radius 2 is 2.30 bits per heavy atom. The highest BCUT2D eigenvalue weighted by Crippen LogP contribution is 2.52. The number of hydrogen-bond donors (Lipinski definition) is 1. The summed E-state index contributed by atoms with van der Waals surface area (Å²) in [5.41, 5.74) is -0.0950. The lowest BCUT2D eigenvalue weighted by molar-refractivity contribution is -0.142. The van der Waals surface area contributed by atoms with Gasteiger partial charge in [-0.2, -0.15) is 0 Å². The second kappa shape index (κ2) is 6.49. The first-order valence-electron chi connectivity index (χ1n) is 8.96. The van der Waals surface area contributed by atoms with Crippen molar-refractivity contribution < 1.29 is 23.6 Å². The topological polar surface area (TPSA) is 105 Å². The summed E-state index contributed by atoms with van der Waals surface area (Å²) in [4.78, 5) is 40.4. The number of rotatable bonds is 6. The molecule has 2 fully saturated rings. The highest BCUT2D eigenvalue weighted by molar-refractivity contribution is 5.93. The third-order valence-corrected chi connectivity index (χ3v) is 5.49. The van der Waals surface area contributed by atoms with Gasteiger partial charge in [0.05, 0.1) is 31.0 Å². The molecule has 3 aliphatic rings. The van der Waals surface area contributed by atoms with Gasteiger partial charge in [0.2, 0.25) is 17.7 Å². The monoisotopic (exact) mass is 374 g/mol. The van der Waals surface area contributed by atoms with Crippen molar-refractivity contribution in [1.29, 1.82) is 0 Å². The lowest BCUT2D eigenvalue weighted by atomic mass is 9.76. The fourth-order valence-electron chi connectivity index (χ4n) is 4.31. The fraction of sp³-hybridized carbons (Fsp3) is 0.556. The van der Waals surface area contributed by atoms with E-state index in [1.165, 1.54) is 13.2 Å². The number of likely N-dealkylation sites (tertiary alicyclic amines) is 1. The number of carbonyl (C=O) groups excluding carboxylic acids is 3. The molecule has 0 aliphatic carbocycles. The van der Waals surface area contributed by atoms with E-state index in [0.29, 0.717) is 31.9 Å². The molecule has 2 bridgehead atoms. The van der Waals surface area contributed by atoms with E-state index in [4.69, 9.17) is 9.26 Å². The SMILES string of the molecule is CC(=O)NCCN1C[C@]23C=C[C@H](O2)[C@H](C(=O)N(C)Cc2ccon2)[C@@H]3C1=O. The van der Waals surface area contributed by atoms with Crippen LogP contribution < -0.4 is 5.32 Å². The molecule has 0 aromatic carbocycles. The zero-order chi connectivity index (χ0) is 19.2. The van der Waals surface area contributed by atoms with Crippen molar-refractivity contribution in [2.24, 2.45) is 11.8 Å². The Balaban J connectivity index is 1.48. The fourth-order valence-corrected chi connectivity index (χ4v) is 4.31. The predicted octanol–water partition coefficient (Wildman–Crippen LogP) is -0.449. The molecule has 144 valence electrons. The van der Waals surface area contributed by atoms with E-state index in [-0.39, 0.29) is 23.8 Å². The summed E-state index contributed by atoms with van der Waals surface area (Å²) in [5, 5.41) is 6.52. The number of fused-ring (bicyclic) bond motifs is 1. The van der Waals surface area contributed by atoms with Gasteiger partial charge in [-0.25, -0.2) is 0 Å². The molecule has 1 N–H and O–H groups in total. The molecule has 1 aromatic rings. The number of ether oxygens (including phenoxy) is 1. The summed E-state index contributed by atoms with van der Waals surface area (Å²) < 4.78 is 10.9. The van der Waals surface area contributed by atoms with Crippen molar-refractivity contribution in [3.63, 3.8) is 0 Å². The van der Waals surface area contributed by atoms with Crippen LogP contribution in [0.3, 0.4) is 0 Å². The zero-order valence-corrected chi connectivity index (χ0v) is 15.3. The second-order valence-electron chi connectivity index (χ2n) is 7.33. The Bertz CT molecular complexity index is 792. The maximum Gasteiger partial charge on any atom is 0.230 e. The highest BCUT2D eigenvalue weighted by Gasteiger charge is 2.66. The predicted molar refractivity (Wildman–Crippen MR) is 92.0 cm³/mol. The number of nitrogens with one attached hydrogen (secondary N) is 1. The van der Waals surface area contributed by atoms with Gasteiger partial charge in [0, 0.05) is 33.1 Å². The van der Waals surface area contributed by atoms with E-state index in [1.54, 1.807) is 22.9 Å². The standard InChI is InChI=1S/C18H22N4O5/c1-11(23)19-6-7-22-10-18-5-3-13(27-18)14(15(18)17(22)25)16(24)21(2)9-12-4-8-26-20-12/h3-5,8,13-15H,6-7,9-10H2,1-2H3,(H,19,23)/t13-,14-,15+,18-/m0/s1. The molecule has 3 amide bonds. The Morgan fingerprint density at radius 3 is 3.00 bits per heavy atom. The summed E-state index contributed by atoms with van der Waals surface area (Å²) in [6.45, 7) is 2.92. The van der Waals surface area contributed by atoms with Crippen LogP contribution >= 0.6 is 0 Å². The van der Waals surface area contributed by atoms with Crippen LogP contribution in [0.4, 0.5) is 0 Å². The first-order chi connectivity index (χ1) is 12.9. The Hall–Kier alpha value is -2.68. The normalized spacial score (nSPS) is 30.7. The summed E-state index contributed by atoms with van der Waals surface area (Å²) in [5.74, 6) is -1.46. The van der Waals surface area contributed by atoms with Gasteiger partial charge in [-0.15, -0.1) is 0 Å². The average molecular weight is 374 g/mol. The minimum absolute atomic E-state index is 0.0969. The van der Waals surface area contributed by atoms with Crippen molar-refractivity contribution in [3.05, 3.63) is 30.2 Å². The number of hydrogen-bond acceptors (Lipinski definition) is 6. The van der Waals surface area contributed by atoms with Gasteiger partial charge in [-0.05, 0) is 0 Å². The van der Waals surface area contributed by atoms with Crippen LogP contribution in [0.25, 0.3) is 0 Å². The van der Waals surface area contributed by atoms with E-state index < -0.39 is 17.4 Å². The van der Waals surface area contributed by atoms with Crippen molar-refractivity contribution >= 4 is 17.7 Å². The maximum absolute atomic E-state index is 13.1. The molecule has 1 spiro atoms. The number of carbonyl (C=O) groups is 3. The summed E-state index contributed by atoms with van der Waals surface area (Å²) >= 11 is 0. The number of amides is 3. The van der Waals surface area contributed by atoms with E-state index in [9.17, 15) is 14.4 Å². The van der Waals surface area contributed by atoms with Gasteiger partial charge in [0.15, 0.2) is 0 Å². The maximum atomic E-state index is 13.1. The lowest BCUT2D eigenvalue weighted by Crippen LogP contribution is -2.44. The first-order valence-corrected chi connectivity index (χ1v) is 8.96. The van der Waals surface area contributed by atoms with E-state index >= 15 is 0 Å². The lowest BCUT2D eigenvalue weighted by Gasteiger charge is -2.27. The molecule has 4 atom stereocenters. The van der Waals surface area contributed by atoms with Crippen LogP contribution in [-0.4, -0.2) is 71.1 Å². The molecule has 3 aliphatic heterocycles. The molecule has 0 unspecified atom stereocenters. The molecule has 0 saturated carbocycles.